The second-order valence-electron chi connectivity index (χ2n) is 3.05. The van der Waals surface area contributed by atoms with Crippen LogP contribution < -0.4 is 5.73 Å². The van der Waals surface area contributed by atoms with Crippen molar-refractivity contribution in [3.63, 3.8) is 0 Å². The van der Waals surface area contributed by atoms with E-state index in [2.05, 4.69) is 10.3 Å². The Balaban J connectivity index is 0.000000720. The van der Waals surface area contributed by atoms with Crippen molar-refractivity contribution in [1.29, 1.82) is 0 Å². The molecule has 0 aromatic carbocycles. The molecule has 4 nitrogen and oxygen atoms in total. The van der Waals surface area contributed by atoms with E-state index in [0.717, 1.165) is 12.8 Å². The van der Waals surface area contributed by atoms with E-state index >= 15 is 0 Å². The summed E-state index contributed by atoms with van der Waals surface area (Å²) in [4.78, 5) is 0. The fourth-order valence-corrected chi connectivity index (χ4v) is 1.69. The molecular formula is C7H14Cl2N4. The first-order chi connectivity index (χ1) is 5.38. The van der Waals surface area contributed by atoms with E-state index in [1.54, 1.807) is 6.20 Å². The van der Waals surface area contributed by atoms with Gasteiger partial charge in [-0.3, -0.25) is 0 Å². The van der Waals surface area contributed by atoms with Gasteiger partial charge in [-0.15, -0.1) is 29.9 Å². The topological polar surface area (TPSA) is 56.7 Å². The van der Waals surface area contributed by atoms with Crippen molar-refractivity contribution in [2.24, 2.45) is 5.73 Å². The molecule has 0 aliphatic heterocycles. The van der Waals surface area contributed by atoms with Gasteiger partial charge < -0.3 is 5.73 Å². The number of nitrogens with zero attached hydrogens (tertiary/aromatic N) is 3. The van der Waals surface area contributed by atoms with Gasteiger partial charge in [0.25, 0.3) is 0 Å². The van der Waals surface area contributed by atoms with Crippen LogP contribution in [0.2, 0.25) is 0 Å². The molecule has 13 heavy (non-hydrogen) atoms. The lowest BCUT2D eigenvalue weighted by atomic mass is 10.2. The molecule has 0 unspecified atom stereocenters. The summed E-state index contributed by atoms with van der Waals surface area (Å²) in [5.41, 5.74) is 5.88. The van der Waals surface area contributed by atoms with Gasteiger partial charge in [0.2, 0.25) is 0 Å². The Morgan fingerprint density at radius 2 is 2.08 bits per heavy atom. The number of aromatic nitrogens is 3. The maximum atomic E-state index is 5.88. The van der Waals surface area contributed by atoms with Gasteiger partial charge in [-0.2, -0.15) is 0 Å². The van der Waals surface area contributed by atoms with Crippen molar-refractivity contribution in [3.8, 4) is 0 Å². The minimum Gasteiger partial charge on any atom is -0.326 e. The van der Waals surface area contributed by atoms with Crippen molar-refractivity contribution >= 4 is 24.8 Å². The Morgan fingerprint density at radius 3 is 2.54 bits per heavy atom. The summed E-state index contributed by atoms with van der Waals surface area (Å²) >= 11 is 0. The van der Waals surface area contributed by atoms with Gasteiger partial charge in [-0.1, -0.05) is 5.21 Å². The van der Waals surface area contributed by atoms with Gasteiger partial charge in [0.15, 0.2) is 0 Å². The quantitative estimate of drug-likeness (QED) is 0.780. The van der Waals surface area contributed by atoms with Crippen LogP contribution in [0, 0.1) is 0 Å². The molecule has 2 atom stereocenters. The number of nitrogens with two attached hydrogens (primary N) is 1. The standard InChI is InChI=1S/C7H12N4.2ClH/c8-6-2-1-3-7(6)11-5-4-9-10-11;;/h4-7H,1-3,8H2;2*1H/t6-,7+;;/m1../s1. The normalized spacial score (nSPS) is 26.2. The molecule has 1 heterocycles. The number of halogens is 2. The first-order valence-electron chi connectivity index (χ1n) is 3.99. The molecule has 1 saturated carbocycles. The van der Waals surface area contributed by atoms with Crippen molar-refractivity contribution in [1.82, 2.24) is 15.0 Å². The molecule has 0 amide bonds. The average molecular weight is 225 g/mol. The predicted octanol–water partition coefficient (Wildman–Crippen LogP) is 1.17. The van der Waals surface area contributed by atoms with Gasteiger partial charge in [-0.05, 0) is 19.3 Å². The SMILES string of the molecule is Cl.Cl.N[C@@H]1CCC[C@@H]1n1ccnn1. The van der Waals surface area contributed by atoms with E-state index in [0.29, 0.717) is 6.04 Å². The van der Waals surface area contributed by atoms with Crippen LogP contribution in [-0.2, 0) is 0 Å². The van der Waals surface area contributed by atoms with Crippen LogP contribution >= 0.6 is 24.8 Å². The maximum absolute atomic E-state index is 5.88. The van der Waals surface area contributed by atoms with E-state index in [1.807, 2.05) is 10.9 Å². The second-order valence-corrected chi connectivity index (χ2v) is 3.05. The molecule has 1 aliphatic carbocycles. The highest BCUT2D eigenvalue weighted by atomic mass is 35.5. The number of rotatable bonds is 1. The molecule has 0 saturated heterocycles. The summed E-state index contributed by atoms with van der Waals surface area (Å²) in [6.07, 6.45) is 7.06. The van der Waals surface area contributed by atoms with E-state index in [-0.39, 0.29) is 30.9 Å². The molecule has 76 valence electrons. The Labute approximate surface area is 89.7 Å². The first-order valence-corrected chi connectivity index (χ1v) is 3.99. The highest BCUT2D eigenvalue weighted by Crippen LogP contribution is 2.27. The van der Waals surface area contributed by atoms with Crippen LogP contribution in [0.4, 0.5) is 0 Å². The van der Waals surface area contributed by atoms with Crippen LogP contribution in [0.1, 0.15) is 25.3 Å². The first kappa shape index (κ1) is 12.7. The molecule has 1 aliphatic rings. The molecule has 0 spiro atoms. The monoisotopic (exact) mass is 224 g/mol. The summed E-state index contributed by atoms with van der Waals surface area (Å²) in [7, 11) is 0. The Hall–Kier alpha value is -0.320. The third-order valence-electron chi connectivity index (χ3n) is 2.31. The highest BCUT2D eigenvalue weighted by molar-refractivity contribution is 5.85. The molecule has 0 radical (unpaired) electrons. The second kappa shape index (κ2) is 5.42. The van der Waals surface area contributed by atoms with Crippen molar-refractivity contribution in [2.45, 2.75) is 31.3 Å². The summed E-state index contributed by atoms with van der Waals surface area (Å²) in [5, 5.41) is 7.69. The third kappa shape index (κ3) is 2.56. The maximum Gasteiger partial charge on any atom is 0.0693 e. The summed E-state index contributed by atoms with van der Waals surface area (Å²) < 4.78 is 1.87. The lowest BCUT2D eigenvalue weighted by Crippen LogP contribution is -2.27. The average Bonchev–Trinajstić information content (AvgIpc) is 2.55. The summed E-state index contributed by atoms with van der Waals surface area (Å²) in [5.74, 6) is 0. The zero-order valence-corrected chi connectivity index (χ0v) is 8.80. The smallest absolute Gasteiger partial charge is 0.0693 e. The lowest BCUT2D eigenvalue weighted by Gasteiger charge is -2.13. The molecule has 1 aromatic heterocycles. The van der Waals surface area contributed by atoms with Crippen LogP contribution in [0.25, 0.3) is 0 Å². The molecule has 2 rings (SSSR count). The van der Waals surface area contributed by atoms with E-state index in [9.17, 15) is 0 Å². The minimum absolute atomic E-state index is 0. The van der Waals surface area contributed by atoms with Crippen molar-refractivity contribution in [3.05, 3.63) is 12.4 Å². The third-order valence-corrected chi connectivity index (χ3v) is 2.31. The fourth-order valence-electron chi connectivity index (χ4n) is 1.69. The largest absolute Gasteiger partial charge is 0.326 e. The Kier molecular flexibility index (Phi) is 5.29. The lowest BCUT2D eigenvalue weighted by molar-refractivity contribution is 0.412. The predicted molar refractivity (Wildman–Crippen MR) is 55.4 cm³/mol. The van der Waals surface area contributed by atoms with Crippen LogP contribution in [0.15, 0.2) is 12.4 Å². The zero-order valence-electron chi connectivity index (χ0n) is 7.17. The van der Waals surface area contributed by atoms with Gasteiger partial charge >= 0.3 is 0 Å². The van der Waals surface area contributed by atoms with Gasteiger partial charge in [0.1, 0.15) is 0 Å². The van der Waals surface area contributed by atoms with Gasteiger partial charge in [-0.25, -0.2) is 4.68 Å². The van der Waals surface area contributed by atoms with Gasteiger partial charge in [0.05, 0.1) is 12.2 Å². The van der Waals surface area contributed by atoms with Gasteiger partial charge in [0, 0.05) is 12.2 Å². The minimum atomic E-state index is 0. The molecule has 2 N–H and O–H groups in total. The molecule has 1 aromatic rings. The van der Waals surface area contributed by atoms with E-state index in [4.69, 9.17) is 5.73 Å². The number of hydrogen-bond acceptors (Lipinski definition) is 3. The van der Waals surface area contributed by atoms with E-state index < -0.39 is 0 Å². The Morgan fingerprint density at radius 1 is 1.31 bits per heavy atom. The van der Waals surface area contributed by atoms with E-state index in [1.165, 1.54) is 6.42 Å². The van der Waals surface area contributed by atoms with Crippen molar-refractivity contribution in [2.75, 3.05) is 0 Å². The van der Waals surface area contributed by atoms with Crippen LogP contribution in [-0.4, -0.2) is 21.0 Å². The molecule has 1 fully saturated rings. The molecular weight excluding hydrogens is 211 g/mol. The summed E-state index contributed by atoms with van der Waals surface area (Å²) in [6.45, 7) is 0. The van der Waals surface area contributed by atoms with Crippen molar-refractivity contribution < 1.29 is 0 Å². The zero-order chi connectivity index (χ0) is 7.68. The summed E-state index contributed by atoms with van der Waals surface area (Å²) in [6, 6.07) is 0.661. The Bertz CT molecular complexity index is 226. The van der Waals surface area contributed by atoms with Crippen LogP contribution in [0.3, 0.4) is 0 Å². The van der Waals surface area contributed by atoms with Crippen LogP contribution in [0.5, 0.6) is 0 Å². The molecule has 6 heteroatoms. The molecule has 0 bridgehead atoms. The fraction of sp³-hybridized carbons (Fsp3) is 0.714. The highest BCUT2D eigenvalue weighted by Gasteiger charge is 2.25. The number of hydrogen-bond donors (Lipinski definition) is 1.